The number of halogens is 2. The Morgan fingerprint density at radius 3 is 2.38 bits per heavy atom. The number of nitrogens with zero attached hydrogens (tertiary/aromatic N) is 3. The summed E-state index contributed by atoms with van der Waals surface area (Å²) in [5, 5.41) is 9.45. The molecule has 0 aliphatic carbocycles. The number of hydrogen-bond acceptors (Lipinski definition) is 5. The van der Waals surface area contributed by atoms with Gasteiger partial charge in [-0.05, 0) is 24.3 Å². The van der Waals surface area contributed by atoms with E-state index in [1.54, 1.807) is 24.3 Å². The fraction of sp³-hybridized carbons (Fsp3) is 0.308. The van der Waals surface area contributed by atoms with Gasteiger partial charge in [0.25, 0.3) is 0 Å². The second-order valence-electron chi connectivity index (χ2n) is 4.53. The number of aromatic nitrogens is 3. The lowest BCUT2D eigenvalue weighted by molar-refractivity contribution is -0.149. The third kappa shape index (κ3) is 3.02. The maximum Gasteiger partial charge on any atom is 0.303 e. The minimum absolute atomic E-state index is 0.250. The zero-order valence-electron chi connectivity index (χ0n) is 11.0. The maximum atomic E-state index is 10.9. The molecule has 110 valence electrons. The Hall–Kier alpha value is -1.63. The molecule has 2 atom stereocenters. The van der Waals surface area contributed by atoms with E-state index in [2.05, 4.69) is 10.2 Å². The van der Waals surface area contributed by atoms with Crippen LogP contribution in [0, 0.1) is 0 Å². The van der Waals surface area contributed by atoms with Crippen LogP contribution in [0.1, 0.15) is 13.2 Å². The van der Waals surface area contributed by atoms with Crippen molar-refractivity contribution in [2.45, 2.75) is 19.3 Å². The van der Waals surface area contributed by atoms with Gasteiger partial charge in [-0.2, -0.15) is 10.2 Å². The van der Waals surface area contributed by atoms with Crippen molar-refractivity contribution in [3.8, 4) is 0 Å². The number of esters is 1. The summed E-state index contributed by atoms with van der Waals surface area (Å²) in [5.41, 5.74) is 1.26. The molecule has 0 bridgehead atoms. The number of carbonyl (C=O) groups is 1. The molecule has 0 amide bonds. The molecule has 2 heterocycles. The second-order valence-corrected chi connectivity index (χ2v) is 5.35. The monoisotopic (exact) mass is 327 g/mol. The van der Waals surface area contributed by atoms with Crippen LogP contribution >= 0.6 is 23.2 Å². The molecule has 6 nitrogen and oxygen atoms in total. The van der Waals surface area contributed by atoms with Gasteiger partial charge in [0.15, 0.2) is 6.23 Å². The zero-order chi connectivity index (χ0) is 15.0. The lowest BCUT2D eigenvalue weighted by Gasteiger charge is -2.22. The van der Waals surface area contributed by atoms with Gasteiger partial charge in [0.05, 0.1) is 16.7 Å². The van der Waals surface area contributed by atoms with Crippen molar-refractivity contribution in [2.75, 3.05) is 6.61 Å². The van der Waals surface area contributed by atoms with Crippen molar-refractivity contribution in [3.63, 3.8) is 0 Å². The Morgan fingerprint density at radius 2 is 1.90 bits per heavy atom. The summed E-state index contributed by atoms with van der Waals surface area (Å²) in [6.07, 6.45) is 2.65. The summed E-state index contributed by atoms with van der Waals surface area (Å²) in [7, 11) is 0. The molecule has 0 N–H and O–H groups in total. The first-order valence-corrected chi connectivity index (χ1v) is 6.97. The normalized spacial score (nSPS) is 21.7. The summed E-state index contributed by atoms with van der Waals surface area (Å²) in [4.78, 5) is 12.3. The largest absolute Gasteiger partial charge is 0.456 e. The topological polar surface area (TPSA) is 66.2 Å². The van der Waals surface area contributed by atoms with Gasteiger partial charge in [0.1, 0.15) is 17.1 Å². The van der Waals surface area contributed by atoms with E-state index in [9.17, 15) is 4.79 Å². The SMILES string of the molecule is CC(=O)O[C@@H]1C=C[C@@H](n2nc3cc(Cl)c(Cl)cc3n2)OC1. The van der Waals surface area contributed by atoms with E-state index in [4.69, 9.17) is 32.7 Å². The summed E-state index contributed by atoms with van der Waals surface area (Å²) < 4.78 is 10.6. The number of fused-ring (bicyclic) bond motifs is 1. The second kappa shape index (κ2) is 5.63. The van der Waals surface area contributed by atoms with E-state index < -0.39 is 6.23 Å². The molecule has 0 fully saturated rings. The number of rotatable bonds is 2. The molecule has 0 spiro atoms. The van der Waals surface area contributed by atoms with Gasteiger partial charge in [0, 0.05) is 6.92 Å². The van der Waals surface area contributed by atoms with Gasteiger partial charge in [-0.25, -0.2) is 0 Å². The van der Waals surface area contributed by atoms with Gasteiger partial charge >= 0.3 is 5.97 Å². The van der Waals surface area contributed by atoms with Crippen LogP contribution in [0.15, 0.2) is 24.3 Å². The first-order chi connectivity index (χ1) is 10.0. The van der Waals surface area contributed by atoms with Gasteiger partial charge in [-0.1, -0.05) is 23.2 Å². The lowest BCUT2D eigenvalue weighted by Crippen LogP contribution is -2.27. The van der Waals surface area contributed by atoms with E-state index in [0.29, 0.717) is 21.1 Å². The molecule has 0 saturated heterocycles. The molecular weight excluding hydrogens is 317 g/mol. The molecule has 1 aliphatic heterocycles. The first-order valence-electron chi connectivity index (χ1n) is 6.21. The molecular formula is C13H11Cl2N3O3. The Labute approximate surface area is 130 Å². The molecule has 3 rings (SSSR count). The fourth-order valence-corrected chi connectivity index (χ4v) is 2.31. The quantitative estimate of drug-likeness (QED) is 0.626. The average Bonchev–Trinajstić information content (AvgIpc) is 2.82. The third-order valence-electron chi connectivity index (χ3n) is 2.90. The Balaban J connectivity index is 1.83. The number of benzene rings is 1. The number of carbonyl (C=O) groups excluding carboxylic acids is 1. The van der Waals surface area contributed by atoms with Gasteiger partial charge in [-0.15, -0.1) is 4.80 Å². The van der Waals surface area contributed by atoms with Crippen molar-refractivity contribution < 1.29 is 14.3 Å². The smallest absolute Gasteiger partial charge is 0.303 e. The molecule has 0 saturated carbocycles. The molecule has 0 unspecified atom stereocenters. The van der Waals surface area contributed by atoms with Crippen LogP contribution in [0.4, 0.5) is 0 Å². The Bertz CT molecular complexity index is 690. The molecule has 0 radical (unpaired) electrons. The summed E-state index contributed by atoms with van der Waals surface area (Å²) in [6, 6.07) is 3.30. The van der Waals surface area contributed by atoms with E-state index in [0.717, 1.165) is 0 Å². The van der Waals surface area contributed by atoms with E-state index in [1.165, 1.54) is 11.7 Å². The fourth-order valence-electron chi connectivity index (χ4n) is 2.00. The number of ether oxygens (including phenoxy) is 2. The summed E-state index contributed by atoms with van der Waals surface area (Å²) in [5.74, 6) is -0.348. The molecule has 1 aromatic heterocycles. The summed E-state index contributed by atoms with van der Waals surface area (Å²) in [6.45, 7) is 1.61. The highest BCUT2D eigenvalue weighted by molar-refractivity contribution is 6.42. The van der Waals surface area contributed by atoms with Crippen LogP contribution in [0.2, 0.25) is 10.0 Å². The highest BCUT2D eigenvalue weighted by Crippen LogP contribution is 2.27. The molecule has 2 aromatic rings. The van der Waals surface area contributed by atoms with E-state index in [1.807, 2.05) is 0 Å². The van der Waals surface area contributed by atoms with E-state index >= 15 is 0 Å². The predicted octanol–water partition coefficient (Wildman–Crippen LogP) is 2.75. The van der Waals surface area contributed by atoms with Crippen LogP contribution in [0.3, 0.4) is 0 Å². The van der Waals surface area contributed by atoms with Crippen LogP contribution in [0.5, 0.6) is 0 Å². The van der Waals surface area contributed by atoms with Crippen molar-refractivity contribution in [2.24, 2.45) is 0 Å². The van der Waals surface area contributed by atoms with Crippen molar-refractivity contribution in [1.29, 1.82) is 0 Å². The van der Waals surface area contributed by atoms with Crippen molar-refractivity contribution in [3.05, 3.63) is 34.3 Å². The molecule has 1 aliphatic rings. The minimum Gasteiger partial charge on any atom is -0.456 e. The van der Waals surface area contributed by atoms with Gasteiger partial charge < -0.3 is 9.47 Å². The number of hydrogen-bond donors (Lipinski definition) is 0. The maximum absolute atomic E-state index is 10.9. The average molecular weight is 328 g/mol. The zero-order valence-corrected chi connectivity index (χ0v) is 12.5. The van der Waals surface area contributed by atoms with E-state index in [-0.39, 0.29) is 18.7 Å². The standard InChI is InChI=1S/C13H11Cl2N3O3/c1-7(19)21-8-2-3-13(20-6-8)18-16-11-4-9(14)10(15)5-12(11)17-18/h2-5,8,13H,6H2,1H3/t8-,13+/m1/s1. The van der Waals surface area contributed by atoms with Gasteiger partial charge in [-0.3, -0.25) is 4.79 Å². The van der Waals surface area contributed by atoms with Crippen LogP contribution in [-0.2, 0) is 14.3 Å². The first kappa shape index (κ1) is 14.3. The lowest BCUT2D eigenvalue weighted by atomic mass is 10.3. The van der Waals surface area contributed by atoms with Crippen LogP contribution in [-0.4, -0.2) is 33.7 Å². The van der Waals surface area contributed by atoms with Crippen LogP contribution < -0.4 is 0 Å². The summed E-state index contributed by atoms with van der Waals surface area (Å²) >= 11 is 11.9. The predicted molar refractivity (Wildman–Crippen MR) is 77.2 cm³/mol. The van der Waals surface area contributed by atoms with Crippen molar-refractivity contribution >= 4 is 40.2 Å². The van der Waals surface area contributed by atoms with Crippen LogP contribution in [0.25, 0.3) is 11.0 Å². The van der Waals surface area contributed by atoms with Gasteiger partial charge in [0.2, 0.25) is 0 Å². The third-order valence-corrected chi connectivity index (χ3v) is 3.63. The highest BCUT2D eigenvalue weighted by Gasteiger charge is 2.21. The minimum atomic E-state index is -0.457. The molecule has 8 heteroatoms. The molecule has 1 aromatic carbocycles. The van der Waals surface area contributed by atoms with Crippen molar-refractivity contribution in [1.82, 2.24) is 15.0 Å². The highest BCUT2D eigenvalue weighted by atomic mass is 35.5. The Morgan fingerprint density at radius 1 is 1.29 bits per heavy atom. The Kier molecular flexibility index (Phi) is 3.84. The molecule has 21 heavy (non-hydrogen) atoms.